The number of amides is 2. The van der Waals surface area contributed by atoms with Crippen LogP contribution in [0.15, 0.2) is 36.5 Å². The summed E-state index contributed by atoms with van der Waals surface area (Å²) in [5.41, 5.74) is 2.38. The lowest BCUT2D eigenvalue weighted by Crippen LogP contribution is -2.37. The van der Waals surface area contributed by atoms with Crippen LogP contribution in [0.4, 0.5) is 13.2 Å². The van der Waals surface area contributed by atoms with Gasteiger partial charge in [-0.15, -0.1) is 0 Å². The highest BCUT2D eigenvalue weighted by Crippen LogP contribution is 2.40. The summed E-state index contributed by atoms with van der Waals surface area (Å²) in [7, 11) is 1.44. The molecule has 2 atom stereocenters. The normalized spacial score (nSPS) is 17.4. The maximum Gasteiger partial charge on any atom is 0.392 e. The number of aromatic nitrogens is 1. The molecule has 0 fully saturated rings. The van der Waals surface area contributed by atoms with Crippen molar-refractivity contribution < 1.29 is 22.8 Å². The number of carbonyl (C=O) groups excluding carboxylic acids is 2. The van der Waals surface area contributed by atoms with Crippen LogP contribution >= 0.6 is 0 Å². The number of nitrogens with one attached hydrogen (secondary N) is 2. The topological polar surface area (TPSA) is 94.9 Å². The monoisotopic (exact) mass is 430 g/mol. The van der Waals surface area contributed by atoms with Crippen molar-refractivity contribution in [2.45, 2.75) is 37.9 Å². The van der Waals surface area contributed by atoms with Gasteiger partial charge in [0.05, 0.1) is 29.5 Å². The van der Waals surface area contributed by atoms with E-state index >= 15 is 0 Å². The third-order valence-electron chi connectivity index (χ3n) is 5.32. The summed E-state index contributed by atoms with van der Waals surface area (Å²) < 4.78 is 38.8. The predicted octanol–water partition coefficient (Wildman–Crippen LogP) is 3.74. The third kappa shape index (κ3) is 5.20. The Morgan fingerprint density at radius 2 is 2.13 bits per heavy atom. The van der Waals surface area contributed by atoms with E-state index in [4.69, 9.17) is 5.26 Å². The molecular formula is C22H21F3N4O2. The highest BCUT2D eigenvalue weighted by Gasteiger charge is 2.39. The molecule has 9 heteroatoms. The molecule has 1 aliphatic rings. The lowest BCUT2D eigenvalue weighted by Gasteiger charge is -2.24. The Morgan fingerprint density at radius 1 is 1.35 bits per heavy atom. The molecule has 0 saturated heterocycles. The van der Waals surface area contributed by atoms with Crippen molar-refractivity contribution >= 4 is 28.3 Å². The Balaban J connectivity index is 1.82. The predicted molar refractivity (Wildman–Crippen MR) is 109 cm³/mol. The maximum atomic E-state index is 12.9. The van der Waals surface area contributed by atoms with Crippen LogP contribution in [0.2, 0.25) is 0 Å². The summed E-state index contributed by atoms with van der Waals surface area (Å²) in [5, 5.41) is 14.7. The van der Waals surface area contributed by atoms with E-state index in [0.717, 1.165) is 11.1 Å². The van der Waals surface area contributed by atoms with Crippen LogP contribution in [0.5, 0.6) is 0 Å². The first-order valence-corrected chi connectivity index (χ1v) is 9.79. The van der Waals surface area contributed by atoms with Crippen LogP contribution < -0.4 is 10.6 Å². The quantitative estimate of drug-likeness (QED) is 0.756. The second-order valence-electron chi connectivity index (χ2n) is 7.38. The van der Waals surface area contributed by atoms with Gasteiger partial charge in [-0.1, -0.05) is 24.3 Å². The largest absolute Gasteiger partial charge is 0.392 e. The second-order valence-corrected chi connectivity index (χ2v) is 7.38. The van der Waals surface area contributed by atoms with Crippen molar-refractivity contribution in [1.29, 1.82) is 5.26 Å². The first-order valence-electron chi connectivity index (χ1n) is 9.79. The molecule has 2 N–H and O–H groups in total. The first kappa shape index (κ1) is 22.3. The molecule has 0 saturated carbocycles. The van der Waals surface area contributed by atoms with E-state index in [1.165, 1.54) is 13.2 Å². The molecule has 1 aliphatic carbocycles. The number of rotatable bonds is 5. The number of para-hydroxylation sites is 1. The van der Waals surface area contributed by atoms with Crippen molar-refractivity contribution in [3.63, 3.8) is 0 Å². The molecular weight excluding hydrogens is 409 g/mol. The smallest absolute Gasteiger partial charge is 0.359 e. The number of halogens is 3. The molecule has 0 radical (unpaired) electrons. The van der Waals surface area contributed by atoms with Gasteiger partial charge in [0.1, 0.15) is 6.04 Å². The molecule has 0 bridgehead atoms. The van der Waals surface area contributed by atoms with E-state index in [-0.39, 0.29) is 30.7 Å². The lowest BCUT2D eigenvalue weighted by atomic mass is 9.85. The highest BCUT2D eigenvalue weighted by molar-refractivity contribution is 5.99. The summed E-state index contributed by atoms with van der Waals surface area (Å²) in [4.78, 5) is 28.3. The number of carbonyl (C=O) groups is 2. The number of nitrogens with zero attached hydrogens (tertiary/aromatic N) is 2. The number of fused-ring (bicyclic) bond motifs is 1. The minimum Gasteiger partial charge on any atom is -0.359 e. The van der Waals surface area contributed by atoms with Crippen LogP contribution in [0, 0.1) is 17.2 Å². The molecule has 0 aliphatic heterocycles. The summed E-state index contributed by atoms with van der Waals surface area (Å²) in [5.74, 6) is -2.24. The van der Waals surface area contributed by atoms with Crippen LogP contribution in [0.1, 0.15) is 41.6 Å². The molecule has 1 heterocycles. The molecule has 1 aromatic carbocycles. The number of hydrogen-bond donors (Lipinski definition) is 2. The van der Waals surface area contributed by atoms with Crippen LogP contribution in [-0.4, -0.2) is 36.1 Å². The number of alkyl halides is 3. The van der Waals surface area contributed by atoms with Crippen molar-refractivity contribution in [1.82, 2.24) is 15.6 Å². The van der Waals surface area contributed by atoms with Gasteiger partial charge in [0, 0.05) is 24.2 Å². The first-order chi connectivity index (χ1) is 14.7. The number of nitriles is 1. The summed E-state index contributed by atoms with van der Waals surface area (Å²) in [6.45, 7) is 0. The molecule has 2 aromatic rings. The third-order valence-corrected chi connectivity index (χ3v) is 5.32. The average Bonchev–Trinajstić information content (AvgIpc) is 2.77. The fourth-order valence-electron chi connectivity index (χ4n) is 3.58. The Bertz CT molecular complexity index is 1070. The summed E-state index contributed by atoms with van der Waals surface area (Å²) >= 11 is 0. The van der Waals surface area contributed by atoms with Crippen LogP contribution in [0.25, 0.3) is 16.5 Å². The van der Waals surface area contributed by atoms with Gasteiger partial charge < -0.3 is 10.6 Å². The number of benzene rings is 1. The van der Waals surface area contributed by atoms with E-state index in [2.05, 4.69) is 15.6 Å². The van der Waals surface area contributed by atoms with E-state index in [1.54, 1.807) is 24.3 Å². The van der Waals surface area contributed by atoms with Crippen LogP contribution in [0.3, 0.4) is 0 Å². The maximum absolute atomic E-state index is 12.9. The Kier molecular flexibility index (Phi) is 6.59. The minimum absolute atomic E-state index is 0.0348. The number of pyridine rings is 1. The fourth-order valence-corrected chi connectivity index (χ4v) is 3.58. The zero-order chi connectivity index (χ0) is 22.6. The van der Waals surface area contributed by atoms with Crippen molar-refractivity contribution in [2.75, 3.05) is 7.05 Å². The van der Waals surface area contributed by atoms with Gasteiger partial charge in [-0.3, -0.25) is 14.6 Å². The van der Waals surface area contributed by atoms with Crippen LogP contribution in [-0.2, 0) is 4.79 Å². The highest BCUT2D eigenvalue weighted by atomic mass is 19.4. The van der Waals surface area contributed by atoms with Crippen molar-refractivity contribution in [3.8, 4) is 6.07 Å². The number of allylic oxidation sites excluding steroid dienone is 2. The Labute approximate surface area is 177 Å². The SMILES string of the molecule is CNC(=O)CC(C#N)NC(=O)c1cnc2c(C3=CCC(C(F)(F)F)CC3)cccc2c1. The summed E-state index contributed by atoms with van der Waals surface area (Å²) in [6.07, 6.45) is -1.11. The zero-order valence-corrected chi connectivity index (χ0v) is 16.8. The van der Waals surface area contributed by atoms with Gasteiger partial charge >= 0.3 is 6.18 Å². The average molecular weight is 430 g/mol. The second kappa shape index (κ2) is 9.16. The van der Waals surface area contributed by atoms with Crippen molar-refractivity contribution in [3.05, 3.63) is 47.7 Å². The van der Waals surface area contributed by atoms with E-state index < -0.39 is 24.0 Å². The standard InChI is InChI=1S/C22H21F3N4O2/c1-27-19(30)10-17(11-26)29-21(31)15-9-14-3-2-4-18(20(14)28-12-15)13-5-7-16(8-6-13)22(23,24)25/h2-5,9,12,16-17H,6-8,10H2,1H3,(H,27,30)(H,29,31). The molecule has 2 amide bonds. The van der Waals surface area contributed by atoms with E-state index in [1.807, 2.05) is 12.1 Å². The van der Waals surface area contributed by atoms with Gasteiger partial charge in [0.2, 0.25) is 5.91 Å². The Hall–Kier alpha value is -3.41. The molecule has 3 rings (SSSR count). The van der Waals surface area contributed by atoms with Gasteiger partial charge in [0.15, 0.2) is 0 Å². The summed E-state index contributed by atoms with van der Waals surface area (Å²) in [6, 6.07) is 7.83. The van der Waals surface area contributed by atoms with E-state index in [0.29, 0.717) is 17.3 Å². The molecule has 162 valence electrons. The van der Waals surface area contributed by atoms with Gasteiger partial charge in [-0.25, -0.2) is 0 Å². The van der Waals surface area contributed by atoms with Gasteiger partial charge in [-0.2, -0.15) is 18.4 Å². The molecule has 2 unspecified atom stereocenters. The fraction of sp³-hybridized carbons (Fsp3) is 0.364. The van der Waals surface area contributed by atoms with E-state index in [9.17, 15) is 22.8 Å². The zero-order valence-electron chi connectivity index (χ0n) is 16.8. The molecule has 0 spiro atoms. The lowest BCUT2D eigenvalue weighted by molar-refractivity contribution is -0.175. The molecule has 31 heavy (non-hydrogen) atoms. The Morgan fingerprint density at radius 3 is 2.74 bits per heavy atom. The molecule has 6 nitrogen and oxygen atoms in total. The van der Waals surface area contributed by atoms with Gasteiger partial charge in [0.25, 0.3) is 5.91 Å². The minimum atomic E-state index is -4.19. The molecule has 1 aromatic heterocycles. The number of hydrogen-bond acceptors (Lipinski definition) is 4. The van der Waals surface area contributed by atoms with Gasteiger partial charge in [-0.05, 0) is 30.9 Å². The van der Waals surface area contributed by atoms with Crippen molar-refractivity contribution in [2.24, 2.45) is 5.92 Å².